The molecule has 0 radical (unpaired) electrons. The molecule has 0 aliphatic rings. The number of thioether (sulfide) groups is 1. The van der Waals surface area contributed by atoms with Crippen molar-refractivity contribution in [3.05, 3.63) is 40.1 Å². The van der Waals surface area contributed by atoms with E-state index in [4.69, 9.17) is 11.6 Å². The second-order valence-electron chi connectivity index (χ2n) is 4.41. The number of hydrogen-bond donors (Lipinski definition) is 1. The van der Waals surface area contributed by atoms with Crippen molar-refractivity contribution < 1.29 is 9.90 Å². The third-order valence-electron chi connectivity index (χ3n) is 2.89. The first kappa shape index (κ1) is 14.9. The normalized spacial score (nSPS) is 10.8. The van der Waals surface area contributed by atoms with Crippen molar-refractivity contribution in [2.24, 2.45) is 7.05 Å². The van der Waals surface area contributed by atoms with Crippen LogP contribution < -0.4 is 0 Å². The predicted octanol–water partition coefficient (Wildman–Crippen LogP) is 3.08. The highest BCUT2D eigenvalue weighted by Crippen LogP contribution is 2.27. The lowest BCUT2D eigenvalue weighted by Gasteiger charge is -2.09. The van der Waals surface area contributed by atoms with Gasteiger partial charge in [-0.05, 0) is 25.5 Å². The van der Waals surface area contributed by atoms with Gasteiger partial charge in [0, 0.05) is 12.7 Å². The third-order valence-corrected chi connectivity index (χ3v) is 4.21. The first-order chi connectivity index (χ1) is 9.40. The van der Waals surface area contributed by atoms with Gasteiger partial charge in [0.05, 0.1) is 17.5 Å². The van der Waals surface area contributed by atoms with Gasteiger partial charge in [-0.3, -0.25) is 0 Å². The Hall–Kier alpha value is -1.53. The molecule has 2 rings (SSSR count). The minimum absolute atomic E-state index is 0.251. The van der Waals surface area contributed by atoms with Crippen LogP contribution in [0.25, 0.3) is 0 Å². The number of pyridine rings is 1. The molecule has 0 saturated carbocycles. The molecular weight excluding hydrogens is 298 g/mol. The minimum atomic E-state index is -0.963. The summed E-state index contributed by atoms with van der Waals surface area (Å²) in [4.78, 5) is 19.8. The second-order valence-corrected chi connectivity index (χ2v) is 5.76. The molecule has 0 atom stereocenters. The summed E-state index contributed by atoms with van der Waals surface area (Å²) in [7, 11) is 1.82. The van der Waals surface area contributed by atoms with Crippen LogP contribution in [0, 0.1) is 13.8 Å². The van der Waals surface area contributed by atoms with E-state index < -0.39 is 5.97 Å². The molecule has 1 N–H and O–H groups in total. The number of carbonyl (C=O) groups is 1. The van der Waals surface area contributed by atoms with E-state index >= 15 is 0 Å². The van der Waals surface area contributed by atoms with Crippen LogP contribution in [0.4, 0.5) is 0 Å². The molecule has 2 aromatic heterocycles. The van der Waals surface area contributed by atoms with Crippen LogP contribution in [0.2, 0.25) is 5.15 Å². The Morgan fingerprint density at radius 1 is 1.50 bits per heavy atom. The van der Waals surface area contributed by atoms with Crippen molar-refractivity contribution >= 4 is 29.3 Å². The fourth-order valence-corrected chi connectivity index (χ4v) is 3.14. The first-order valence-electron chi connectivity index (χ1n) is 5.90. The Balaban J connectivity index is 2.29. The van der Waals surface area contributed by atoms with Gasteiger partial charge >= 0.3 is 5.97 Å². The van der Waals surface area contributed by atoms with Gasteiger partial charge in [-0.2, -0.15) is 0 Å². The van der Waals surface area contributed by atoms with Crippen molar-refractivity contribution in [1.29, 1.82) is 0 Å². The van der Waals surface area contributed by atoms with Crippen LogP contribution in [0.15, 0.2) is 17.3 Å². The standard InChI is InChI=1S/C13H14ClN3O2S/c1-7-4-8(2)16-12(11(7)13(18)19)20-6-10-15-5-9(14)17(10)3/h4-5H,6H2,1-3H3,(H,18,19). The minimum Gasteiger partial charge on any atom is -0.478 e. The van der Waals surface area contributed by atoms with Crippen LogP contribution in [-0.2, 0) is 12.8 Å². The average molecular weight is 312 g/mol. The van der Waals surface area contributed by atoms with Gasteiger partial charge < -0.3 is 9.67 Å². The lowest BCUT2D eigenvalue weighted by molar-refractivity contribution is 0.0691. The number of carboxylic acids is 1. The number of halogens is 1. The van der Waals surface area contributed by atoms with Crippen molar-refractivity contribution in [2.45, 2.75) is 24.6 Å². The topological polar surface area (TPSA) is 68.0 Å². The van der Waals surface area contributed by atoms with Crippen molar-refractivity contribution in [2.75, 3.05) is 0 Å². The summed E-state index contributed by atoms with van der Waals surface area (Å²) in [6, 6.07) is 1.77. The Bertz CT molecular complexity index is 670. The number of imidazole rings is 1. The predicted molar refractivity (Wildman–Crippen MR) is 78.4 cm³/mol. The zero-order valence-electron chi connectivity index (χ0n) is 11.3. The number of aromatic nitrogens is 3. The first-order valence-corrected chi connectivity index (χ1v) is 7.27. The summed E-state index contributed by atoms with van der Waals surface area (Å²) in [5, 5.41) is 10.4. The fraction of sp³-hybridized carbons (Fsp3) is 0.308. The quantitative estimate of drug-likeness (QED) is 0.879. The van der Waals surface area contributed by atoms with Crippen LogP contribution >= 0.6 is 23.4 Å². The number of aryl methyl sites for hydroxylation is 2. The van der Waals surface area contributed by atoms with E-state index in [0.717, 1.165) is 11.5 Å². The summed E-state index contributed by atoms with van der Waals surface area (Å²) in [6.45, 7) is 3.63. The molecule has 0 aromatic carbocycles. The molecule has 5 nitrogen and oxygen atoms in total. The Labute approximate surface area is 126 Å². The molecule has 0 aliphatic carbocycles. The van der Waals surface area contributed by atoms with Crippen LogP contribution in [-0.4, -0.2) is 25.6 Å². The molecule has 106 valence electrons. The smallest absolute Gasteiger partial charge is 0.338 e. The van der Waals surface area contributed by atoms with Gasteiger partial charge in [-0.1, -0.05) is 23.4 Å². The molecule has 2 heterocycles. The summed E-state index contributed by atoms with van der Waals surface area (Å²) >= 11 is 7.28. The number of rotatable bonds is 4. The summed E-state index contributed by atoms with van der Waals surface area (Å²) in [5.74, 6) is 0.326. The highest BCUT2D eigenvalue weighted by atomic mass is 35.5. The molecule has 0 aliphatic heterocycles. The van der Waals surface area contributed by atoms with Gasteiger partial charge in [0.1, 0.15) is 16.0 Å². The summed E-state index contributed by atoms with van der Waals surface area (Å²) < 4.78 is 1.76. The molecule has 0 bridgehead atoms. The van der Waals surface area contributed by atoms with E-state index in [2.05, 4.69) is 9.97 Å². The zero-order chi connectivity index (χ0) is 14.9. The number of nitrogens with zero attached hydrogens (tertiary/aromatic N) is 3. The van der Waals surface area contributed by atoms with Crippen molar-refractivity contribution in [1.82, 2.24) is 14.5 Å². The number of hydrogen-bond acceptors (Lipinski definition) is 4. The molecule has 0 unspecified atom stereocenters. The SMILES string of the molecule is Cc1cc(C)c(C(=O)O)c(SCc2ncc(Cl)n2C)n1. The van der Waals surface area contributed by atoms with Crippen LogP contribution in [0.3, 0.4) is 0 Å². The fourth-order valence-electron chi connectivity index (χ4n) is 1.86. The van der Waals surface area contributed by atoms with Crippen molar-refractivity contribution in [3.63, 3.8) is 0 Å². The van der Waals surface area contributed by atoms with E-state index in [1.165, 1.54) is 11.8 Å². The maximum Gasteiger partial charge on any atom is 0.338 e. The maximum atomic E-state index is 11.3. The highest BCUT2D eigenvalue weighted by molar-refractivity contribution is 7.98. The van der Waals surface area contributed by atoms with Crippen molar-refractivity contribution in [3.8, 4) is 0 Å². The average Bonchev–Trinajstić information content (AvgIpc) is 2.66. The Kier molecular flexibility index (Phi) is 4.35. The number of carboxylic acid groups (broad SMARTS) is 1. The molecule has 0 amide bonds. The molecule has 0 saturated heterocycles. The van der Waals surface area contributed by atoms with Crippen LogP contribution in [0.5, 0.6) is 0 Å². The molecule has 7 heteroatoms. The second kappa shape index (κ2) is 5.85. The monoisotopic (exact) mass is 311 g/mol. The molecule has 0 fully saturated rings. The van der Waals surface area contributed by atoms with E-state index in [1.807, 2.05) is 14.0 Å². The maximum absolute atomic E-state index is 11.3. The van der Waals surface area contributed by atoms with E-state index in [9.17, 15) is 9.90 Å². The highest BCUT2D eigenvalue weighted by Gasteiger charge is 2.17. The van der Waals surface area contributed by atoms with E-state index in [1.54, 1.807) is 23.8 Å². The number of aromatic carboxylic acids is 1. The van der Waals surface area contributed by atoms with Gasteiger partial charge in [0.25, 0.3) is 0 Å². The molecular formula is C13H14ClN3O2S. The molecule has 20 heavy (non-hydrogen) atoms. The van der Waals surface area contributed by atoms with Gasteiger partial charge in [-0.25, -0.2) is 14.8 Å². The molecule has 2 aromatic rings. The van der Waals surface area contributed by atoms with E-state index in [-0.39, 0.29) is 5.56 Å². The van der Waals surface area contributed by atoms with Gasteiger partial charge in [-0.15, -0.1) is 0 Å². The lowest BCUT2D eigenvalue weighted by atomic mass is 10.1. The summed E-state index contributed by atoms with van der Waals surface area (Å²) in [6.07, 6.45) is 1.57. The lowest BCUT2D eigenvalue weighted by Crippen LogP contribution is -2.06. The van der Waals surface area contributed by atoms with E-state index in [0.29, 0.717) is 21.5 Å². The Morgan fingerprint density at radius 3 is 2.75 bits per heavy atom. The largest absolute Gasteiger partial charge is 0.478 e. The van der Waals surface area contributed by atoms with Gasteiger partial charge in [0.15, 0.2) is 0 Å². The van der Waals surface area contributed by atoms with Crippen LogP contribution in [0.1, 0.15) is 27.4 Å². The molecule has 0 spiro atoms. The Morgan fingerprint density at radius 2 is 2.20 bits per heavy atom. The summed E-state index contributed by atoms with van der Waals surface area (Å²) in [5.41, 5.74) is 1.76. The zero-order valence-corrected chi connectivity index (χ0v) is 12.9. The third kappa shape index (κ3) is 2.96. The van der Waals surface area contributed by atoms with Gasteiger partial charge in [0.2, 0.25) is 0 Å².